The van der Waals surface area contributed by atoms with Crippen molar-refractivity contribution >= 4 is 17.7 Å². The topological polar surface area (TPSA) is 77.2 Å². The van der Waals surface area contributed by atoms with Crippen LogP contribution >= 0.6 is 11.8 Å². The van der Waals surface area contributed by atoms with Gasteiger partial charge in [-0.2, -0.15) is 4.98 Å². The second-order valence-corrected chi connectivity index (χ2v) is 7.73. The van der Waals surface area contributed by atoms with Crippen LogP contribution in [0.2, 0.25) is 0 Å². The van der Waals surface area contributed by atoms with Gasteiger partial charge < -0.3 is 14.6 Å². The fraction of sp³-hybridized carbons (Fsp3) is 0.286. The molecule has 0 aliphatic heterocycles. The van der Waals surface area contributed by atoms with Gasteiger partial charge >= 0.3 is 0 Å². The highest BCUT2D eigenvalue weighted by molar-refractivity contribution is 7.99. The highest BCUT2D eigenvalue weighted by atomic mass is 32.2. The number of nitrogens with one attached hydrogen (secondary N) is 1. The Morgan fingerprint density at radius 3 is 2.57 bits per heavy atom. The molecule has 0 saturated heterocycles. The molecule has 1 atom stereocenters. The van der Waals surface area contributed by atoms with E-state index in [9.17, 15) is 4.79 Å². The Kier molecular flexibility index (Phi) is 6.71. The molecule has 1 N–H and O–H groups in total. The highest BCUT2D eigenvalue weighted by Crippen LogP contribution is 2.22. The smallest absolute Gasteiger partial charge is 0.257 e. The van der Waals surface area contributed by atoms with Crippen molar-refractivity contribution in [1.29, 1.82) is 0 Å². The molecule has 0 spiro atoms. The molecule has 1 amide bonds. The zero-order chi connectivity index (χ0) is 19.9. The summed E-state index contributed by atoms with van der Waals surface area (Å²) < 4.78 is 10.5. The number of aromatic nitrogens is 2. The van der Waals surface area contributed by atoms with Crippen LogP contribution in [0.3, 0.4) is 0 Å². The van der Waals surface area contributed by atoms with Crippen molar-refractivity contribution in [2.75, 3.05) is 7.11 Å². The molecule has 1 unspecified atom stereocenters. The van der Waals surface area contributed by atoms with E-state index >= 15 is 0 Å². The third-order valence-corrected chi connectivity index (χ3v) is 5.36. The number of hydrogen-bond acceptors (Lipinski definition) is 6. The molecule has 0 saturated carbocycles. The van der Waals surface area contributed by atoms with E-state index in [1.165, 1.54) is 17.3 Å². The molecular formula is C21H23N3O3S. The van der Waals surface area contributed by atoms with Gasteiger partial charge in [-0.15, -0.1) is 11.8 Å². The van der Waals surface area contributed by atoms with Crippen molar-refractivity contribution in [3.63, 3.8) is 0 Å². The summed E-state index contributed by atoms with van der Waals surface area (Å²) in [4.78, 5) is 16.7. The van der Waals surface area contributed by atoms with Crippen LogP contribution < -0.4 is 10.1 Å². The number of benzene rings is 2. The fourth-order valence-corrected chi connectivity index (χ4v) is 3.23. The van der Waals surface area contributed by atoms with Crippen molar-refractivity contribution < 1.29 is 14.1 Å². The lowest BCUT2D eigenvalue weighted by atomic mass is 10.1. The summed E-state index contributed by atoms with van der Waals surface area (Å²) >= 11 is 1.47. The van der Waals surface area contributed by atoms with E-state index in [4.69, 9.17) is 9.26 Å². The zero-order valence-electron chi connectivity index (χ0n) is 16.1. The second-order valence-electron chi connectivity index (χ2n) is 6.40. The molecule has 6 nitrogen and oxygen atoms in total. The first-order valence-electron chi connectivity index (χ1n) is 8.97. The van der Waals surface area contributed by atoms with Gasteiger partial charge in [-0.05, 0) is 43.7 Å². The largest absolute Gasteiger partial charge is 0.497 e. The van der Waals surface area contributed by atoms with Gasteiger partial charge in [0.1, 0.15) is 5.75 Å². The van der Waals surface area contributed by atoms with Crippen LogP contribution in [-0.4, -0.2) is 28.4 Å². The molecule has 3 aromatic rings. The minimum absolute atomic E-state index is 0.00977. The number of nitrogens with zero attached hydrogens (tertiary/aromatic N) is 2. The SMILES string of the molecule is COc1ccc(-c2nc(CSC(C)C(=O)NCc3ccc(C)cc3)no2)cc1. The lowest BCUT2D eigenvalue weighted by molar-refractivity contribution is -0.120. The van der Waals surface area contributed by atoms with E-state index in [1.807, 2.05) is 62.4 Å². The Morgan fingerprint density at radius 1 is 1.18 bits per heavy atom. The minimum Gasteiger partial charge on any atom is -0.497 e. The highest BCUT2D eigenvalue weighted by Gasteiger charge is 2.16. The molecule has 28 heavy (non-hydrogen) atoms. The molecule has 0 radical (unpaired) electrons. The lowest BCUT2D eigenvalue weighted by Gasteiger charge is -2.11. The standard InChI is InChI=1S/C21H23N3O3S/c1-14-4-6-16(7-5-14)12-22-20(25)15(2)28-13-19-23-21(27-24-19)17-8-10-18(26-3)11-9-17/h4-11,15H,12-13H2,1-3H3,(H,22,25). The van der Waals surface area contributed by atoms with Gasteiger partial charge in [-0.1, -0.05) is 35.0 Å². The van der Waals surface area contributed by atoms with Crippen molar-refractivity contribution in [1.82, 2.24) is 15.5 Å². The third-order valence-electron chi connectivity index (χ3n) is 4.22. The summed E-state index contributed by atoms with van der Waals surface area (Å²) in [7, 11) is 1.62. The minimum atomic E-state index is -0.214. The Hall–Kier alpha value is -2.80. The molecule has 1 heterocycles. The molecule has 146 valence electrons. The predicted molar refractivity (Wildman–Crippen MR) is 110 cm³/mol. The number of hydrogen-bond donors (Lipinski definition) is 1. The zero-order valence-corrected chi connectivity index (χ0v) is 17.0. The van der Waals surface area contributed by atoms with Crippen molar-refractivity contribution in [2.45, 2.75) is 31.4 Å². The average molecular weight is 398 g/mol. The fourth-order valence-electron chi connectivity index (χ4n) is 2.48. The quantitative estimate of drug-likeness (QED) is 0.619. The molecule has 0 fully saturated rings. The van der Waals surface area contributed by atoms with Crippen molar-refractivity contribution in [3.8, 4) is 17.2 Å². The summed E-state index contributed by atoms with van der Waals surface area (Å²) in [5, 5.41) is 6.74. The van der Waals surface area contributed by atoms with Gasteiger partial charge in [-0.3, -0.25) is 4.79 Å². The van der Waals surface area contributed by atoms with Crippen LogP contribution in [0, 0.1) is 6.92 Å². The van der Waals surface area contributed by atoms with Gasteiger partial charge in [0.05, 0.1) is 18.1 Å². The lowest BCUT2D eigenvalue weighted by Crippen LogP contribution is -2.30. The first-order valence-corrected chi connectivity index (χ1v) is 10.0. The predicted octanol–water partition coefficient (Wildman–Crippen LogP) is 3.99. The first kappa shape index (κ1) is 19.9. The number of rotatable bonds is 8. The Balaban J connectivity index is 1.48. The molecule has 3 rings (SSSR count). The molecule has 7 heteroatoms. The number of methoxy groups -OCH3 is 1. The molecular weight excluding hydrogens is 374 g/mol. The van der Waals surface area contributed by atoms with Gasteiger partial charge in [-0.25, -0.2) is 0 Å². The summed E-state index contributed by atoms with van der Waals surface area (Å²) in [5.41, 5.74) is 3.11. The van der Waals surface area contributed by atoms with Gasteiger partial charge in [0.25, 0.3) is 5.89 Å². The monoisotopic (exact) mass is 397 g/mol. The number of amides is 1. The maximum Gasteiger partial charge on any atom is 0.257 e. The van der Waals surface area contributed by atoms with E-state index in [2.05, 4.69) is 15.5 Å². The van der Waals surface area contributed by atoms with Crippen molar-refractivity contribution in [2.24, 2.45) is 0 Å². The van der Waals surface area contributed by atoms with E-state index in [-0.39, 0.29) is 11.2 Å². The average Bonchev–Trinajstić information content (AvgIpc) is 3.20. The van der Waals surface area contributed by atoms with Gasteiger partial charge in [0.15, 0.2) is 5.82 Å². The summed E-state index contributed by atoms with van der Waals surface area (Å²) in [5.74, 6) is 2.27. The van der Waals surface area contributed by atoms with E-state index < -0.39 is 0 Å². The van der Waals surface area contributed by atoms with Gasteiger partial charge in [0.2, 0.25) is 5.91 Å². The van der Waals surface area contributed by atoms with Crippen LogP contribution in [-0.2, 0) is 17.1 Å². The summed E-state index contributed by atoms with van der Waals surface area (Å²) in [6.45, 7) is 4.44. The van der Waals surface area contributed by atoms with Crippen molar-refractivity contribution in [3.05, 3.63) is 65.5 Å². The maximum atomic E-state index is 12.3. The summed E-state index contributed by atoms with van der Waals surface area (Å²) in [6, 6.07) is 15.5. The maximum absolute atomic E-state index is 12.3. The number of carbonyl (C=O) groups is 1. The van der Waals surface area contributed by atoms with Crippen LogP contribution in [0.1, 0.15) is 23.9 Å². The van der Waals surface area contributed by atoms with Crippen LogP contribution in [0.4, 0.5) is 0 Å². The number of ether oxygens (including phenoxy) is 1. The summed E-state index contributed by atoms with van der Waals surface area (Å²) in [6.07, 6.45) is 0. The second kappa shape index (κ2) is 9.41. The Morgan fingerprint density at radius 2 is 1.89 bits per heavy atom. The van der Waals surface area contributed by atoms with Gasteiger partial charge in [0, 0.05) is 12.1 Å². The molecule has 1 aromatic heterocycles. The number of aryl methyl sites for hydroxylation is 1. The number of carbonyl (C=O) groups excluding carboxylic acids is 1. The van der Waals surface area contributed by atoms with E-state index in [0.717, 1.165) is 16.9 Å². The molecule has 0 aliphatic carbocycles. The van der Waals surface area contributed by atoms with Crippen LogP contribution in [0.25, 0.3) is 11.5 Å². The van der Waals surface area contributed by atoms with E-state index in [1.54, 1.807) is 7.11 Å². The van der Waals surface area contributed by atoms with Crippen LogP contribution in [0.5, 0.6) is 5.75 Å². The van der Waals surface area contributed by atoms with Crippen LogP contribution in [0.15, 0.2) is 53.1 Å². The number of thioether (sulfide) groups is 1. The normalized spacial score (nSPS) is 11.8. The molecule has 2 aromatic carbocycles. The first-order chi connectivity index (χ1) is 13.5. The Bertz CT molecular complexity index is 907. The molecule has 0 bridgehead atoms. The Labute approximate surface area is 168 Å². The molecule has 0 aliphatic rings. The van der Waals surface area contributed by atoms with E-state index in [0.29, 0.717) is 24.0 Å². The third kappa shape index (κ3) is 5.36.